The largest absolute Gasteiger partial charge is 0.494 e. The van der Waals surface area contributed by atoms with Crippen LogP contribution in [0, 0.1) is 0 Å². The first kappa shape index (κ1) is 23.0. The second-order valence-corrected chi connectivity index (χ2v) is 7.23. The van der Waals surface area contributed by atoms with Crippen LogP contribution in [0.15, 0.2) is 48.5 Å². The summed E-state index contributed by atoms with van der Waals surface area (Å²) in [5, 5.41) is 0. The van der Waals surface area contributed by atoms with Crippen LogP contribution in [0.1, 0.15) is 65.0 Å². The molecule has 0 aliphatic heterocycles. The molecule has 2 unspecified atom stereocenters. The number of unbranched alkanes of at least 4 members (excludes halogenated alkanes) is 3. The van der Waals surface area contributed by atoms with Crippen LogP contribution in [-0.2, 0) is 14.3 Å². The molecule has 0 saturated carbocycles. The first-order valence-corrected chi connectivity index (χ1v) is 10.7. The molecule has 2 aromatic rings. The average molecular weight is 399 g/mol. The lowest BCUT2D eigenvalue weighted by Crippen LogP contribution is -2.24. The molecule has 29 heavy (non-hydrogen) atoms. The zero-order chi connectivity index (χ0) is 21.1. The Kier molecular flexibility index (Phi) is 9.72. The van der Waals surface area contributed by atoms with E-state index in [4.69, 9.17) is 14.2 Å². The highest BCUT2D eigenvalue weighted by Gasteiger charge is 2.18. The Hall–Kier alpha value is -2.33. The van der Waals surface area contributed by atoms with Crippen molar-refractivity contribution in [2.45, 2.75) is 65.6 Å². The van der Waals surface area contributed by atoms with E-state index in [-0.39, 0.29) is 12.1 Å². The third-order valence-corrected chi connectivity index (χ3v) is 4.88. The van der Waals surface area contributed by atoms with Crippen LogP contribution in [-0.4, -0.2) is 25.3 Å². The van der Waals surface area contributed by atoms with Crippen molar-refractivity contribution >= 4 is 5.97 Å². The van der Waals surface area contributed by atoms with E-state index in [1.165, 1.54) is 19.3 Å². The van der Waals surface area contributed by atoms with E-state index in [2.05, 4.69) is 19.1 Å². The SMILES string of the molecule is CCCCCCOc1ccc(-c2ccc(C(C)OC(=O)C(C)OCC)cc2)cc1. The summed E-state index contributed by atoms with van der Waals surface area (Å²) in [6, 6.07) is 16.3. The van der Waals surface area contributed by atoms with Gasteiger partial charge in [0.05, 0.1) is 6.61 Å². The number of esters is 1. The van der Waals surface area contributed by atoms with Crippen LogP contribution in [0.4, 0.5) is 0 Å². The second-order valence-electron chi connectivity index (χ2n) is 7.23. The molecule has 0 aliphatic carbocycles. The molecule has 0 bridgehead atoms. The van der Waals surface area contributed by atoms with Gasteiger partial charge in [-0.1, -0.05) is 62.6 Å². The van der Waals surface area contributed by atoms with Gasteiger partial charge in [-0.05, 0) is 56.0 Å². The van der Waals surface area contributed by atoms with Crippen molar-refractivity contribution in [1.29, 1.82) is 0 Å². The first-order valence-electron chi connectivity index (χ1n) is 10.7. The minimum atomic E-state index is -0.547. The predicted octanol–water partition coefficient (Wildman–Crippen LogP) is 6.34. The van der Waals surface area contributed by atoms with E-state index < -0.39 is 6.10 Å². The summed E-state index contributed by atoms with van der Waals surface area (Å²) < 4.78 is 16.6. The molecule has 0 amide bonds. The quantitative estimate of drug-likeness (QED) is 0.309. The van der Waals surface area contributed by atoms with E-state index in [0.29, 0.717) is 6.61 Å². The zero-order valence-electron chi connectivity index (χ0n) is 18.1. The third-order valence-electron chi connectivity index (χ3n) is 4.88. The van der Waals surface area contributed by atoms with Gasteiger partial charge in [-0.25, -0.2) is 4.79 Å². The van der Waals surface area contributed by atoms with E-state index in [1.807, 2.05) is 50.2 Å². The summed E-state index contributed by atoms with van der Waals surface area (Å²) in [6.07, 6.45) is 3.96. The molecular formula is C25H34O4. The number of ether oxygens (including phenoxy) is 3. The van der Waals surface area contributed by atoms with Crippen LogP contribution in [0.2, 0.25) is 0 Å². The Morgan fingerprint density at radius 1 is 0.862 bits per heavy atom. The van der Waals surface area contributed by atoms with Crippen LogP contribution in [0.25, 0.3) is 11.1 Å². The van der Waals surface area contributed by atoms with Crippen LogP contribution in [0.5, 0.6) is 5.75 Å². The van der Waals surface area contributed by atoms with Crippen molar-refractivity contribution in [1.82, 2.24) is 0 Å². The number of benzene rings is 2. The molecular weight excluding hydrogens is 364 g/mol. The Morgan fingerprint density at radius 3 is 2.07 bits per heavy atom. The van der Waals surface area contributed by atoms with Crippen molar-refractivity contribution in [2.24, 2.45) is 0 Å². The molecule has 2 rings (SSSR count). The van der Waals surface area contributed by atoms with Gasteiger partial charge >= 0.3 is 5.97 Å². The van der Waals surface area contributed by atoms with Crippen molar-refractivity contribution in [2.75, 3.05) is 13.2 Å². The van der Waals surface area contributed by atoms with Crippen LogP contribution >= 0.6 is 0 Å². The number of carbonyl (C=O) groups is 1. The summed E-state index contributed by atoms with van der Waals surface area (Å²) in [5.41, 5.74) is 3.20. The molecule has 4 heteroatoms. The molecule has 158 valence electrons. The van der Waals surface area contributed by atoms with Crippen molar-refractivity contribution in [3.05, 3.63) is 54.1 Å². The molecule has 0 aliphatic rings. The van der Waals surface area contributed by atoms with Crippen molar-refractivity contribution in [3.63, 3.8) is 0 Å². The molecule has 0 heterocycles. The molecule has 0 radical (unpaired) electrons. The summed E-state index contributed by atoms with van der Waals surface area (Å²) in [4.78, 5) is 12.0. The minimum absolute atomic E-state index is 0.317. The fourth-order valence-electron chi connectivity index (χ4n) is 3.07. The lowest BCUT2D eigenvalue weighted by atomic mass is 10.0. The molecule has 0 N–H and O–H groups in total. The van der Waals surface area contributed by atoms with Gasteiger partial charge in [-0.2, -0.15) is 0 Å². The Morgan fingerprint density at radius 2 is 1.48 bits per heavy atom. The molecule has 2 atom stereocenters. The Bertz CT molecular complexity index is 721. The van der Waals surface area contributed by atoms with Crippen LogP contribution < -0.4 is 4.74 Å². The van der Waals surface area contributed by atoms with Gasteiger partial charge < -0.3 is 14.2 Å². The highest BCUT2D eigenvalue weighted by atomic mass is 16.6. The highest BCUT2D eigenvalue weighted by molar-refractivity contribution is 5.74. The topological polar surface area (TPSA) is 44.8 Å². The summed E-state index contributed by atoms with van der Waals surface area (Å²) in [5.74, 6) is 0.569. The predicted molar refractivity (Wildman–Crippen MR) is 117 cm³/mol. The van der Waals surface area contributed by atoms with Crippen LogP contribution in [0.3, 0.4) is 0 Å². The maximum atomic E-state index is 12.0. The van der Waals surface area contributed by atoms with Crippen molar-refractivity contribution < 1.29 is 19.0 Å². The second kappa shape index (κ2) is 12.3. The third kappa shape index (κ3) is 7.54. The average Bonchev–Trinajstić information content (AvgIpc) is 2.74. The van der Waals surface area contributed by atoms with Gasteiger partial charge in [0.2, 0.25) is 0 Å². The van der Waals surface area contributed by atoms with E-state index in [9.17, 15) is 4.79 Å². The Labute approximate surface area is 175 Å². The smallest absolute Gasteiger partial charge is 0.335 e. The van der Waals surface area contributed by atoms with E-state index >= 15 is 0 Å². The maximum Gasteiger partial charge on any atom is 0.335 e. The van der Waals surface area contributed by atoms with E-state index in [1.54, 1.807) is 6.92 Å². The van der Waals surface area contributed by atoms with Gasteiger partial charge in [0.25, 0.3) is 0 Å². The standard InChI is InChI=1S/C25H34O4/c1-5-7-8-9-18-28-24-16-14-23(15-17-24)22-12-10-21(11-13-22)19(3)29-25(26)20(4)27-6-2/h10-17,19-20H,5-9,18H2,1-4H3. The molecule has 0 aromatic heterocycles. The molecule has 0 spiro atoms. The summed E-state index contributed by atoms with van der Waals surface area (Å²) >= 11 is 0. The molecule has 0 fully saturated rings. The number of rotatable bonds is 12. The summed E-state index contributed by atoms with van der Waals surface area (Å²) in [7, 11) is 0. The number of hydrogen-bond donors (Lipinski definition) is 0. The summed E-state index contributed by atoms with van der Waals surface area (Å²) in [6.45, 7) is 8.91. The highest BCUT2D eigenvalue weighted by Crippen LogP contribution is 2.25. The maximum absolute atomic E-state index is 12.0. The minimum Gasteiger partial charge on any atom is -0.494 e. The van der Waals surface area contributed by atoms with Crippen molar-refractivity contribution in [3.8, 4) is 16.9 Å². The molecule has 4 nitrogen and oxygen atoms in total. The van der Waals surface area contributed by atoms with Gasteiger partial charge in [0.1, 0.15) is 11.9 Å². The molecule has 2 aromatic carbocycles. The number of hydrogen-bond acceptors (Lipinski definition) is 4. The monoisotopic (exact) mass is 398 g/mol. The first-order chi connectivity index (χ1) is 14.0. The number of carbonyl (C=O) groups excluding carboxylic acids is 1. The lowest BCUT2D eigenvalue weighted by molar-refractivity contribution is -0.160. The fourth-order valence-corrected chi connectivity index (χ4v) is 3.07. The van der Waals surface area contributed by atoms with E-state index in [0.717, 1.165) is 35.5 Å². The van der Waals surface area contributed by atoms with Gasteiger partial charge in [0, 0.05) is 6.61 Å². The lowest BCUT2D eigenvalue weighted by Gasteiger charge is -2.17. The normalized spacial score (nSPS) is 13.0. The fraction of sp³-hybridized carbons (Fsp3) is 0.480. The molecule has 0 saturated heterocycles. The van der Waals surface area contributed by atoms with Gasteiger partial charge in [0.15, 0.2) is 6.10 Å². The Balaban J connectivity index is 1.89. The van der Waals surface area contributed by atoms with Gasteiger partial charge in [-0.3, -0.25) is 0 Å². The zero-order valence-corrected chi connectivity index (χ0v) is 18.1. The van der Waals surface area contributed by atoms with Gasteiger partial charge in [-0.15, -0.1) is 0 Å².